The van der Waals surface area contributed by atoms with Crippen molar-refractivity contribution in [2.45, 2.75) is 31.1 Å². The van der Waals surface area contributed by atoms with Gasteiger partial charge in [-0.15, -0.1) is 0 Å². The van der Waals surface area contributed by atoms with Gasteiger partial charge in [-0.05, 0) is 18.2 Å². The number of hydrogen-bond acceptors (Lipinski definition) is 6. The van der Waals surface area contributed by atoms with Crippen molar-refractivity contribution in [3.8, 4) is 11.5 Å². The molecule has 9 nitrogen and oxygen atoms in total. The standard InChI is InChI=1S/C20H22N4O5/c1-21-17(25)16-11-24-9-6-22-19(24)20(29-16)4-7-23(8-5-20)18(26)13-2-3-14-15(10-13)28-12-27-14/h2-3,6,9-10,16H,4-5,7-8,11-12H2,1H3,(H,21,25)/t16-/m0/s1. The molecule has 1 fully saturated rings. The van der Waals surface area contributed by atoms with Gasteiger partial charge in [0.15, 0.2) is 17.6 Å². The fourth-order valence-electron chi connectivity index (χ4n) is 4.32. The number of carbonyl (C=O) groups is 2. The van der Waals surface area contributed by atoms with Gasteiger partial charge >= 0.3 is 0 Å². The molecule has 2 aromatic rings. The highest BCUT2D eigenvalue weighted by Gasteiger charge is 2.47. The lowest BCUT2D eigenvalue weighted by molar-refractivity contribution is -0.171. The Balaban J connectivity index is 1.34. The molecule has 0 aliphatic carbocycles. The number of likely N-dealkylation sites (tertiary alicyclic amines) is 1. The molecule has 0 saturated carbocycles. The summed E-state index contributed by atoms with van der Waals surface area (Å²) < 4.78 is 19.0. The molecule has 1 saturated heterocycles. The van der Waals surface area contributed by atoms with E-state index in [1.807, 2.05) is 15.7 Å². The van der Waals surface area contributed by atoms with E-state index in [0.717, 1.165) is 5.82 Å². The molecule has 1 aromatic heterocycles. The van der Waals surface area contributed by atoms with Crippen LogP contribution in [0.3, 0.4) is 0 Å². The summed E-state index contributed by atoms with van der Waals surface area (Å²) in [6.45, 7) is 1.65. The minimum atomic E-state index is -0.662. The molecule has 5 rings (SSSR count). The summed E-state index contributed by atoms with van der Waals surface area (Å²) in [5.41, 5.74) is -0.0931. The van der Waals surface area contributed by atoms with Crippen LogP contribution in [0.2, 0.25) is 0 Å². The molecular weight excluding hydrogens is 376 g/mol. The van der Waals surface area contributed by atoms with E-state index in [0.29, 0.717) is 49.5 Å². The van der Waals surface area contributed by atoms with Crippen LogP contribution in [-0.2, 0) is 21.7 Å². The van der Waals surface area contributed by atoms with Gasteiger partial charge in [0.05, 0.1) is 6.54 Å². The molecule has 4 heterocycles. The highest BCUT2D eigenvalue weighted by molar-refractivity contribution is 5.95. The Morgan fingerprint density at radius 3 is 2.79 bits per heavy atom. The second-order valence-corrected chi connectivity index (χ2v) is 7.48. The molecule has 152 valence electrons. The fraction of sp³-hybridized carbons (Fsp3) is 0.450. The van der Waals surface area contributed by atoms with Gasteiger partial charge in [0.1, 0.15) is 11.4 Å². The summed E-state index contributed by atoms with van der Waals surface area (Å²) in [6.07, 6.45) is 4.19. The summed E-state index contributed by atoms with van der Waals surface area (Å²) in [6, 6.07) is 5.24. The zero-order valence-electron chi connectivity index (χ0n) is 16.1. The largest absolute Gasteiger partial charge is 0.454 e. The van der Waals surface area contributed by atoms with Gasteiger partial charge in [-0.3, -0.25) is 9.59 Å². The molecule has 3 aliphatic heterocycles. The van der Waals surface area contributed by atoms with Crippen LogP contribution < -0.4 is 14.8 Å². The van der Waals surface area contributed by atoms with E-state index in [1.165, 1.54) is 0 Å². The molecular formula is C20H22N4O5. The van der Waals surface area contributed by atoms with Crippen molar-refractivity contribution in [3.63, 3.8) is 0 Å². The van der Waals surface area contributed by atoms with Crippen molar-refractivity contribution in [2.75, 3.05) is 26.9 Å². The minimum absolute atomic E-state index is 0.0554. The van der Waals surface area contributed by atoms with Crippen LogP contribution in [0, 0.1) is 0 Å². The summed E-state index contributed by atoms with van der Waals surface area (Å²) in [5, 5.41) is 2.66. The van der Waals surface area contributed by atoms with E-state index in [9.17, 15) is 9.59 Å². The van der Waals surface area contributed by atoms with Crippen LogP contribution in [0.5, 0.6) is 11.5 Å². The predicted octanol–water partition coefficient (Wildman–Crippen LogP) is 0.888. The number of piperidine rings is 1. The number of nitrogens with zero attached hydrogens (tertiary/aromatic N) is 3. The van der Waals surface area contributed by atoms with Crippen molar-refractivity contribution in [1.29, 1.82) is 0 Å². The van der Waals surface area contributed by atoms with Gasteiger partial charge in [0.25, 0.3) is 11.8 Å². The summed E-state index contributed by atoms with van der Waals surface area (Å²) in [5.74, 6) is 1.87. The Morgan fingerprint density at radius 1 is 1.21 bits per heavy atom. The number of ether oxygens (including phenoxy) is 3. The van der Waals surface area contributed by atoms with Crippen molar-refractivity contribution in [1.82, 2.24) is 19.8 Å². The lowest BCUT2D eigenvalue weighted by Gasteiger charge is -2.45. The first-order valence-electron chi connectivity index (χ1n) is 9.69. The van der Waals surface area contributed by atoms with Crippen LogP contribution in [0.4, 0.5) is 0 Å². The highest BCUT2D eigenvalue weighted by atomic mass is 16.7. The van der Waals surface area contributed by atoms with Gasteiger partial charge < -0.3 is 29.0 Å². The molecule has 9 heteroatoms. The van der Waals surface area contributed by atoms with E-state index >= 15 is 0 Å². The fourth-order valence-corrected chi connectivity index (χ4v) is 4.32. The number of amides is 2. The first-order chi connectivity index (χ1) is 14.1. The van der Waals surface area contributed by atoms with Crippen molar-refractivity contribution < 1.29 is 23.8 Å². The van der Waals surface area contributed by atoms with Gasteiger partial charge in [-0.2, -0.15) is 0 Å². The Bertz CT molecular complexity index is 964. The summed E-state index contributed by atoms with van der Waals surface area (Å²) >= 11 is 0. The topological polar surface area (TPSA) is 94.9 Å². The molecule has 2 amide bonds. The average Bonchev–Trinajstić information content (AvgIpc) is 3.42. The average molecular weight is 398 g/mol. The second-order valence-electron chi connectivity index (χ2n) is 7.48. The van der Waals surface area contributed by atoms with Crippen molar-refractivity contribution in [3.05, 3.63) is 42.0 Å². The highest BCUT2D eigenvalue weighted by Crippen LogP contribution is 2.40. The van der Waals surface area contributed by atoms with Crippen LogP contribution in [0.1, 0.15) is 29.0 Å². The molecule has 1 aromatic carbocycles. The number of likely N-dealkylation sites (N-methyl/N-ethyl adjacent to an activating group) is 1. The molecule has 1 spiro atoms. The number of aromatic nitrogens is 2. The molecule has 1 N–H and O–H groups in total. The third-order valence-electron chi connectivity index (χ3n) is 5.87. The third-order valence-corrected chi connectivity index (χ3v) is 5.87. The number of carbonyl (C=O) groups excluding carboxylic acids is 2. The molecule has 0 bridgehead atoms. The number of nitrogens with one attached hydrogen (secondary N) is 1. The molecule has 0 radical (unpaired) electrons. The van der Waals surface area contributed by atoms with Gasteiger partial charge in [0, 0.05) is 50.9 Å². The lowest BCUT2D eigenvalue weighted by Crippen LogP contribution is -2.54. The minimum Gasteiger partial charge on any atom is -0.454 e. The second kappa shape index (κ2) is 6.77. The summed E-state index contributed by atoms with van der Waals surface area (Å²) in [7, 11) is 1.61. The normalized spacial score (nSPS) is 21.7. The van der Waals surface area contributed by atoms with Crippen molar-refractivity contribution >= 4 is 11.8 Å². The smallest absolute Gasteiger partial charge is 0.253 e. The molecule has 0 unspecified atom stereocenters. The number of rotatable bonds is 2. The lowest BCUT2D eigenvalue weighted by atomic mass is 9.88. The van der Waals surface area contributed by atoms with Gasteiger partial charge in [0.2, 0.25) is 6.79 Å². The molecule has 29 heavy (non-hydrogen) atoms. The van der Waals surface area contributed by atoms with Crippen LogP contribution in [-0.4, -0.2) is 59.3 Å². The zero-order valence-corrected chi connectivity index (χ0v) is 16.1. The maximum atomic E-state index is 13.0. The summed E-state index contributed by atoms with van der Waals surface area (Å²) in [4.78, 5) is 31.5. The number of benzene rings is 1. The quantitative estimate of drug-likeness (QED) is 0.807. The zero-order chi connectivity index (χ0) is 20.0. The van der Waals surface area contributed by atoms with Crippen LogP contribution >= 0.6 is 0 Å². The molecule has 1 atom stereocenters. The van der Waals surface area contributed by atoms with E-state index in [2.05, 4.69) is 10.3 Å². The van der Waals surface area contributed by atoms with Crippen molar-refractivity contribution in [2.24, 2.45) is 0 Å². The SMILES string of the molecule is CNC(=O)[C@@H]1Cn2ccnc2C2(CCN(C(=O)c3ccc4c(c3)OCO4)CC2)O1. The van der Waals surface area contributed by atoms with Gasteiger partial charge in [-0.1, -0.05) is 0 Å². The number of imidazole rings is 1. The third kappa shape index (κ3) is 2.93. The maximum absolute atomic E-state index is 13.0. The van der Waals surface area contributed by atoms with E-state index in [1.54, 1.807) is 31.4 Å². The first kappa shape index (κ1) is 18.0. The van der Waals surface area contributed by atoms with E-state index in [-0.39, 0.29) is 18.6 Å². The Morgan fingerprint density at radius 2 is 2.00 bits per heavy atom. The van der Waals surface area contributed by atoms with Crippen LogP contribution in [0.25, 0.3) is 0 Å². The first-order valence-corrected chi connectivity index (χ1v) is 9.69. The maximum Gasteiger partial charge on any atom is 0.253 e. The Hall–Kier alpha value is -3.07. The number of hydrogen-bond donors (Lipinski definition) is 1. The Labute approximate surface area is 167 Å². The van der Waals surface area contributed by atoms with E-state index in [4.69, 9.17) is 14.2 Å². The van der Waals surface area contributed by atoms with Crippen LogP contribution in [0.15, 0.2) is 30.6 Å². The molecule has 3 aliphatic rings. The Kier molecular flexibility index (Phi) is 4.20. The van der Waals surface area contributed by atoms with E-state index < -0.39 is 11.7 Å². The predicted molar refractivity (Wildman–Crippen MR) is 101 cm³/mol. The van der Waals surface area contributed by atoms with Gasteiger partial charge in [-0.25, -0.2) is 4.98 Å². The number of fused-ring (bicyclic) bond motifs is 3. The monoisotopic (exact) mass is 398 g/mol.